The van der Waals surface area contributed by atoms with Crippen LogP contribution in [0.5, 0.6) is 0 Å². The lowest BCUT2D eigenvalue weighted by Crippen LogP contribution is -2.18. The van der Waals surface area contributed by atoms with Gasteiger partial charge in [-0.2, -0.15) is 0 Å². The molecule has 4 heteroatoms. The maximum Gasteiger partial charge on any atom is 0.149 e. The molecule has 0 saturated heterocycles. The summed E-state index contributed by atoms with van der Waals surface area (Å²) in [6.07, 6.45) is 2.49. The number of rotatable bonds is 2. The fourth-order valence-corrected chi connectivity index (χ4v) is 2.27. The second-order valence-corrected chi connectivity index (χ2v) is 5.13. The van der Waals surface area contributed by atoms with Crippen LogP contribution in [0.4, 0.5) is 0 Å². The van der Waals surface area contributed by atoms with Gasteiger partial charge in [-0.1, -0.05) is 29.4 Å². The van der Waals surface area contributed by atoms with Gasteiger partial charge in [-0.25, -0.2) is 0 Å². The second kappa shape index (κ2) is 4.58. The molecule has 18 heavy (non-hydrogen) atoms. The van der Waals surface area contributed by atoms with E-state index in [9.17, 15) is 0 Å². The van der Waals surface area contributed by atoms with Crippen molar-refractivity contribution in [2.24, 2.45) is 5.16 Å². The highest BCUT2D eigenvalue weighted by Crippen LogP contribution is 2.25. The van der Waals surface area contributed by atoms with Crippen LogP contribution < -0.4 is 0 Å². The lowest BCUT2D eigenvalue weighted by Gasteiger charge is -2.09. The van der Waals surface area contributed by atoms with Crippen molar-refractivity contribution < 1.29 is 4.84 Å². The van der Waals surface area contributed by atoms with Crippen molar-refractivity contribution in [1.29, 1.82) is 0 Å². The van der Waals surface area contributed by atoms with Crippen molar-refractivity contribution in [3.63, 3.8) is 0 Å². The lowest BCUT2D eigenvalue weighted by atomic mass is 10.0. The summed E-state index contributed by atoms with van der Waals surface area (Å²) < 4.78 is 0. The summed E-state index contributed by atoms with van der Waals surface area (Å²) >= 11 is 6.04. The van der Waals surface area contributed by atoms with Crippen molar-refractivity contribution in [2.75, 3.05) is 0 Å². The number of hydrogen-bond donors (Lipinski definition) is 0. The van der Waals surface area contributed by atoms with Gasteiger partial charge in [0.05, 0.1) is 16.6 Å². The molecule has 0 radical (unpaired) electrons. The highest BCUT2D eigenvalue weighted by Gasteiger charge is 2.27. The number of benzene rings is 1. The van der Waals surface area contributed by atoms with Crippen LogP contribution in [0.3, 0.4) is 0 Å². The van der Waals surface area contributed by atoms with Crippen molar-refractivity contribution >= 4 is 28.2 Å². The van der Waals surface area contributed by atoms with Crippen molar-refractivity contribution in [3.05, 3.63) is 42.1 Å². The van der Waals surface area contributed by atoms with Gasteiger partial charge in [0.1, 0.15) is 6.10 Å². The number of aromatic nitrogens is 1. The predicted octanol–water partition coefficient (Wildman–Crippen LogP) is 3.36. The largest absolute Gasteiger partial charge is 0.390 e. The Hall–Kier alpha value is -1.61. The number of alkyl halides is 1. The van der Waals surface area contributed by atoms with Gasteiger partial charge in [0.25, 0.3) is 0 Å². The average Bonchev–Trinajstić information content (AvgIpc) is 2.87. The summed E-state index contributed by atoms with van der Waals surface area (Å²) in [4.78, 5) is 9.78. The van der Waals surface area contributed by atoms with Crippen LogP contribution in [0.2, 0.25) is 0 Å². The lowest BCUT2D eigenvalue weighted by molar-refractivity contribution is 0.0855. The van der Waals surface area contributed by atoms with Gasteiger partial charge in [0.2, 0.25) is 0 Å². The monoisotopic (exact) mass is 260 g/mol. The molecule has 2 atom stereocenters. The Labute approximate surface area is 110 Å². The first kappa shape index (κ1) is 11.5. The molecular weight excluding hydrogens is 248 g/mol. The third kappa shape index (κ3) is 1.95. The van der Waals surface area contributed by atoms with E-state index in [-0.39, 0.29) is 11.5 Å². The minimum Gasteiger partial charge on any atom is -0.390 e. The molecule has 1 aromatic carbocycles. The molecule has 3 rings (SSSR count). The quantitative estimate of drug-likeness (QED) is 0.776. The van der Waals surface area contributed by atoms with E-state index >= 15 is 0 Å². The molecule has 2 unspecified atom stereocenters. The standard InChI is InChI=1S/C14H13ClN2O/c1-9(15)13-8-12(17-18-13)11-6-2-4-10-5-3-7-16-14(10)11/h2-7,9,13H,8H2,1H3. The summed E-state index contributed by atoms with van der Waals surface area (Å²) in [6.45, 7) is 1.92. The second-order valence-electron chi connectivity index (χ2n) is 4.44. The van der Waals surface area contributed by atoms with E-state index in [1.807, 2.05) is 37.3 Å². The fourth-order valence-electron chi connectivity index (χ4n) is 2.14. The minimum atomic E-state index is -0.0471. The number of oxime groups is 1. The van der Waals surface area contributed by atoms with Gasteiger partial charge in [0.15, 0.2) is 0 Å². The smallest absolute Gasteiger partial charge is 0.149 e. The molecule has 0 amide bonds. The highest BCUT2D eigenvalue weighted by molar-refractivity contribution is 6.21. The zero-order valence-corrected chi connectivity index (χ0v) is 10.8. The first-order valence-corrected chi connectivity index (χ1v) is 6.40. The molecule has 2 aromatic rings. The molecule has 0 aliphatic carbocycles. The molecule has 1 aromatic heterocycles. The third-order valence-electron chi connectivity index (χ3n) is 3.15. The van der Waals surface area contributed by atoms with Crippen LogP contribution >= 0.6 is 11.6 Å². The number of fused-ring (bicyclic) bond motifs is 1. The summed E-state index contributed by atoms with van der Waals surface area (Å²) in [5.41, 5.74) is 2.93. The maximum atomic E-state index is 6.04. The minimum absolute atomic E-state index is 0.0411. The van der Waals surface area contributed by atoms with Gasteiger partial charge < -0.3 is 4.84 Å². The number of para-hydroxylation sites is 1. The Morgan fingerprint density at radius 2 is 2.17 bits per heavy atom. The SMILES string of the molecule is CC(Cl)C1CC(c2cccc3cccnc23)=NO1. The van der Waals surface area contributed by atoms with Crippen LogP contribution in [0.25, 0.3) is 10.9 Å². The van der Waals surface area contributed by atoms with Gasteiger partial charge in [-0.15, -0.1) is 11.6 Å². The first-order chi connectivity index (χ1) is 8.75. The molecule has 0 saturated carbocycles. The van der Waals surface area contributed by atoms with Crippen molar-refractivity contribution in [3.8, 4) is 0 Å². The van der Waals surface area contributed by atoms with Gasteiger partial charge >= 0.3 is 0 Å². The van der Waals surface area contributed by atoms with E-state index in [0.717, 1.165) is 28.6 Å². The van der Waals surface area contributed by atoms with Crippen LogP contribution in [-0.2, 0) is 4.84 Å². The van der Waals surface area contributed by atoms with Crippen LogP contribution in [-0.4, -0.2) is 22.2 Å². The van der Waals surface area contributed by atoms with E-state index in [4.69, 9.17) is 16.4 Å². The van der Waals surface area contributed by atoms with Gasteiger partial charge in [-0.3, -0.25) is 4.98 Å². The molecule has 1 aliphatic rings. The summed E-state index contributed by atoms with van der Waals surface area (Å²) in [7, 11) is 0. The summed E-state index contributed by atoms with van der Waals surface area (Å²) in [5.74, 6) is 0. The highest BCUT2D eigenvalue weighted by atomic mass is 35.5. The predicted molar refractivity (Wildman–Crippen MR) is 73.1 cm³/mol. The van der Waals surface area contributed by atoms with Crippen molar-refractivity contribution in [2.45, 2.75) is 24.8 Å². The van der Waals surface area contributed by atoms with Crippen LogP contribution in [0.15, 0.2) is 41.7 Å². The van der Waals surface area contributed by atoms with E-state index in [1.165, 1.54) is 0 Å². The van der Waals surface area contributed by atoms with Gasteiger partial charge in [-0.05, 0) is 13.0 Å². The number of pyridine rings is 1. The molecular formula is C14H13ClN2O. The average molecular weight is 261 g/mol. The van der Waals surface area contributed by atoms with E-state index < -0.39 is 0 Å². The maximum absolute atomic E-state index is 6.04. The number of hydrogen-bond acceptors (Lipinski definition) is 3. The Bertz CT molecular complexity index is 604. The molecule has 1 aliphatic heterocycles. The molecule has 0 N–H and O–H groups in total. The Balaban J connectivity index is 2.01. The molecule has 0 fully saturated rings. The third-order valence-corrected chi connectivity index (χ3v) is 3.43. The Morgan fingerprint density at radius 3 is 2.94 bits per heavy atom. The molecule has 92 valence electrons. The van der Waals surface area contributed by atoms with Crippen molar-refractivity contribution in [1.82, 2.24) is 4.98 Å². The fraction of sp³-hybridized carbons (Fsp3) is 0.286. The normalized spacial score (nSPS) is 20.6. The summed E-state index contributed by atoms with van der Waals surface area (Å²) in [6, 6.07) is 10.1. The van der Waals surface area contributed by atoms with E-state index in [2.05, 4.69) is 10.1 Å². The molecule has 0 bridgehead atoms. The Kier molecular flexibility index (Phi) is 2.92. The van der Waals surface area contributed by atoms with Crippen LogP contribution in [0.1, 0.15) is 18.9 Å². The number of nitrogens with zero attached hydrogens (tertiary/aromatic N) is 2. The zero-order chi connectivity index (χ0) is 12.5. The van der Waals surface area contributed by atoms with Crippen LogP contribution in [0, 0.1) is 0 Å². The molecule has 3 nitrogen and oxygen atoms in total. The molecule has 2 heterocycles. The van der Waals surface area contributed by atoms with E-state index in [1.54, 1.807) is 6.20 Å². The Morgan fingerprint density at radius 1 is 1.33 bits per heavy atom. The summed E-state index contributed by atoms with van der Waals surface area (Å²) in [5, 5.41) is 5.22. The van der Waals surface area contributed by atoms with Gasteiger partial charge in [0, 0.05) is 23.6 Å². The van der Waals surface area contributed by atoms with E-state index in [0.29, 0.717) is 0 Å². The topological polar surface area (TPSA) is 34.5 Å². The number of halogens is 1. The molecule has 0 spiro atoms. The zero-order valence-electron chi connectivity index (χ0n) is 10.0. The first-order valence-electron chi connectivity index (χ1n) is 5.96.